The van der Waals surface area contributed by atoms with E-state index in [0.29, 0.717) is 6.61 Å². The summed E-state index contributed by atoms with van der Waals surface area (Å²) in [6.45, 7) is 12.6. The summed E-state index contributed by atoms with van der Waals surface area (Å²) in [7, 11) is 0. The molecule has 0 N–H and O–H groups in total. The van der Waals surface area contributed by atoms with Gasteiger partial charge in [0.1, 0.15) is 6.54 Å². The predicted octanol–water partition coefficient (Wildman–Crippen LogP) is 4.97. The molecule has 0 atom stereocenters. The van der Waals surface area contributed by atoms with Crippen molar-refractivity contribution < 1.29 is 9.53 Å². The molecular weight excluding hydrogens is 410 g/mol. The maximum absolute atomic E-state index is 12.3. The summed E-state index contributed by atoms with van der Waals surface area (Å²) in [4.78, 5) is 17.4. The number of fused-ring (bicyclic) bond motifs is 1. The SMILES string of the molecule is CCCCOC(=O)Cn1cc(CCN2CCN(c3cccc(C)c3C)CC2)c2ccccc21. The van der Waals surface area contributed by atoms with Gasteiger partial charge in [0, 0.05) is 55.5 Å². The fraction of sp³-hybridized carbons (Fsp3) is 0.464. The number of anilines is 1. The third-order valence-electron chi connectivity index (χ3n) is 6.92. The molecule has 5 heteroatoms. The van der Waals surface area contributed by atoms with Crippen LogP contribution in [0, 0.1) is 13.8 Å². The second-order valence-corrected chi connectivity index (χ2v) is 9.17. The third-order valence-corrected chi connectivity index (χ3v) is 6.92. The molecule has 1 fully saturated rings. The zero-order chi connectivity index (χ0) is 23.2. The average Bonchev–Trinajstić information content (AvgIpc) is 3.17. The number of hydrogen-bond donors (Lipinski definition) is 0. The summed E-state index contributed by atoms with van der Waals surface area (Å²) < 4.78 is 7.44. The highest BCUT2D eigenvalue weighted by atomic mass is 16.5. The minimum absolute atomic E-state index is 0.154. The quantitative estimate of drug-likeness (QED) is 0.343. The molecular formula is C28H37N3O2. The van der Waals surface area contributed by atoms with E-state index in [9.17, 15) is 4.79 Å². The Balaban J connectivity index is 1.36. The molecule has 1 aliphatic rings. The molecule has 0 aliphatic carbocycles. The normalized spacial score (nSPS) is 14.7. The Bertz CT molecular complexity index is 1080. The number of benzene rings is 2. The van der Waals surface area contributed by atoms with Crippen molar-refractivity contribution in [1.29, 1.82) is 0 Å². The molecule has 0 radical (unpaired) electrons. The summed E-state index contributed by atoms with van der Waals surface area (Å²) in [6.07, 6.45) is 5.09. The van der Waals surface area contributed by atoms with Crippen molar-refractivity contribution in [1.82, 2.24) is 9.47 Å². The fourth-order valence-electron chi connectivity index (χ4n) is 4.74. The largest absolute Gasteiger partial charge is 0.464 e. The molecule has 1 saturated heterocycles. The molecule has 1 aliphatic heterocycles. The molecule has 0 spiro atoms. The number of aryl methyl sites for hydroxylation is 1. The maximum atomic E-state index is 12.3. The van der Waals surface area contributed by atoms with Gasteiger partial charge < -0.3 is 14.2 Å². The van der Waals surface area contributed by atoms with E-state index in [2.05, 4.69) is 77.7 Å². The van der Waals surface area contributed by atoms with E-state index >= 15 is 0 Å². The van der Waals surface area contributed by atoms with Crippen molar-refractivity contribution in [2.45, 2.75) is 46.6 Å². The minimum Gasteiger partial charge on any atom is -0.464 e. The highest BCUT2D eigenvalue weighted by molar-refractivity contribution is 5.85. The lowest BCUT2D eigenvalue weighted by molar-refractivity contribution is -0.144. The second-order valence-electron chi connectivity index (χ2n) is 9.17. The number of esters is 1. The van der Waals surface area contributed by atoms with Crippen LogP contribution in [0.15, 0.2) is 48.7 Å². The molecule has 2 heterocycles. The van der Waals surface area contributed by atoms with Crippen LogP contribution in [0.3, 0.4) is 0 Å². The summed E-state index contributed by atoms with van der Waals surface area (Å²) in [5.74, 6) is -0.154. The van der Waals surface area contributed by atoms with Crippen LogP contribution in [0.5, 0.6) is 0 Å². The number of carbonyl (C=O) groups is 1. The Morgan fingerprint density at radius 2 is 1.79 bits per heavy atom. The van der Waals surface area contributed by atoms with Crippen LogP contribution in [0.2, 0.25) is 0 Å². The molecule has 2 aromatic carbocycles. The van der Waals surface area contributed by atoms with Crippen LogP contribution in [0.1, 0.15) is 36.5 Å². The molecule has 3 aromatic rings. The minimum atomic E-state index is -0.154. The number of nitrogens with zero attached hydrogens (tertiary/aromatic N) is 3. The van der Waals surface area contributed by atoms with E-state index in [1.165, 1.54) is 27.8 Å². The highest BCUT2D eigenvalue weighted by Crippen LogP contribution is 2.25. The first-order chi connectivity index (χ1) is 16.1. The summed E-state index contributed by atoms with van der Waals surface area (Å²) in [6, 6.07) is 15.0. The van der Waals surface area contributed by atoms with E-state index in [4.69, 9.17) is 4.74 Å². The third kappa shape index (κ3) is 5.59. The zero-order valence-corrected chi connectivity index (χ0v) is 20.3. The Hall–Kier alpha value is -2.79. The highest BCUT2D eigenvalue weighted by Gasteiger charge is 2.19. The smallest absolute Gasteiger partial charge is 0.325 e. The second kappa shape index (κ2) is 10.9. The molecule has 0 unspecified atom stereocenters. The van der Waals surface area contributed by atoms with Gasteiger partial charge in [0.2, 0.25) is 0 Å². The molecule has 33 heavy (non-hydrogen) atoms. The number of carbonyl (C=O) groups excluding carboxylic acids is 1. The standard InChI is InChI=1S/C28H37N3O2/c1-4-5-19-33-28(32)21-31-20-24(25-10-6-7-11-27(25)31)13-14-29-15-17-30(18-16-29)26-12-8-9-22(2)23(26)3/h6-12,20H,4-5,13-19,21H2,1-3H3. The monoisotopic (exact) mass is 447 g/mol. The van der Waals surface area contributed by atoms with Crippen LogP contribution >= 0.6 is 0 Å². The molecule has 176 valence electrons. The van der Waals surface area contributed by atoms with Crippen LogP contribution in [0.25, 0.3) is 10.9 Å². The van der Waals surface area contributed by atoms with E-state index in [1.54, 1.807) is 0 Å². The topological polar surface area (TPSA) is 37.7 Å². The van der Waals surface area contributed by atoms with E-state index in [1.807, 2.05) is 6.07 Å². The van der Waals surface area contributed by atoms with Crippen molar-refractivity contribution in [2.24, 2.45) is 0 Å². The maximum Gasteiger partial charge on any atom is 0.325 e. The number of para-hydroxylation sites is 1. The first kappa shape index (κ1) is 23.4. The van der Waals surface area contributed by atoms with Gasteiger partial charge in [-0.1, -0.05) is 43.7 Å². The average molecular weight is 448 g/mol. The van der Waals surface area contributed by atoms with Crippen molar-refractivity contribution in [3.05, 3.63) is 65.4 Å². The number of piperazine rings is 1. The molecule has 0 bridgehead atoms. The summed E-state index contributed by atoms with van der Waals surface area (Å²) >= 11 is 0. The molecule has 0 saturated carbocycles. The zero-order valence-electron chi connectivity index (χ0n) is 20.3. The summed E-state index contributed by atoms with van der Waals surface area (Å²) in [5.41, 5.74) is 6.56. The number of unbranched alkanes of at least 4 members (excludes halogenated alkanes) is 1. The number of hydrogen-bond acceptors (Lipinski definition) is 4. The van der Waals surface area contributed by atoms with Gasteiger partial charge >= 0.3 is 5.97 Å². The first-order valence-electron chi connectivity index (χ1n) is 12.3. The van der Waals surface area contributed by atoms with Crippen LogP contribution in [0.4, 0.5) is 5.69 Å². The van der Waals surface area contributed by atoms with Crippen LogP contribution in [-0.4, -0.2) is 54.8 Å². The van der Waals surface area contributed by atoms with Gasteiger partial charge in [-0.15, -0.1) is 0 Å². The van der Waals surface area contributed by atoms with Gasteiger partial charge in [0.25, 0.3) is 0 Å². The Morgan fingerprint density at radius 3 is 2.58 bits per heavy atom. The van der Waals surface area contributed by atoms with E-state index < -0.39 is 0 Å². The molecule has 0 amide bonds. The van der Waals surface area contributed by atoms with Crippen LogP contribution < -0.4 is 4.90 Å². The van der Waals surface area contributed by atoms with Gasteiger partial charge in [-0.2, -0.15) is 0 Å². The first-order valence-corrected chi connectivity index (χ1v) is 12.3. The van der Waals surface area contributed by atoms with E-state index in [0.717, 1.165) is 57.5 Å². The predicted molar refractivity (Wildman–Crippen MR) is 136 cm³/mol. The van der Waals surface area contributed by atoms with Gasteiger partial charge in [0.05, 0.1) is 6.61 Å². The van der Waals surface area contributed by atoms with Crippen molar-refractivity contribution in [2.75, 3.05) is 44.2 Å². The Kier molecular flexibility index (Phi) is 7.71. The number of ether oxygens (including phenoxy) is 1. The summed E-state index contributed by atoms with van der Waals surface area (Å²) in [5, 5.41) is 1.24. The fourth-order valence-corrected chi connectivity index (χ4v) is 4.74. The molecule has 1 aromatic heterocycles. The molecule has 4 rings (SSSR count). The lowest BCUT2D eigenvalue weighted by Crippen LogP contribution is -2.47. The van der Waals surface area contributed by atoms with Gasteiger partial charge in [-0.3, -0.25) is 9.69 Å². The van der Waals surface area contributed by atoms with Crippen molar-refractivity contribution in [3.8, 4) is 0 Å². The lowest BCUT2D eigenvalue weighted by Gasteiger charge is -2.37. The van der Waals surface area contributed by atoms with Crippen molar-refractivity contribution in [3.63, 3.8) is 0 Å². The molecule has 5 nitrogen and oxygen atoms in total. The van der Waals surface area contributed by atoms with Gasteiger partial charge in [0.15, 0.2) is 0 Å². The number of aromatic nitrogens is 1. The van der Waals surface area contributed by atoms with Crippen molar-refractivity contribution >= 4 is 22.6 Å². The Morgan fingerprint density at radius 1 is 1.00 bits per heavy atom. The lowest BCUT2D eigenvalue weighted by atomic mass is 10.1. The van der Waals surface area contributed by atoms with E-state index in [-0.39, 0.29) is 12.5 Å². The van der Waals surface area contributed by atoms with Crippen LogP contribution in [-0.2, 0) is 22.5 Å². The van der Waals surface area contributed by atoms with Gasteiger partial charge in [-0.25, -0.2) is 0 Å². The number of rotatable bonds is 9. The Labute approximate surface area is 197 Å². The van der Waals surface area contributed by atoms with Gasteiger partial charge in [-0.05, 0) is 55.5 Å².